The van der Waals surface area contributed by atoms with Crippen LogP contribution in [0.25, 0.3) is 5.69 Å². The van der Waals surface area contributed by atoms with Gasteiger partial charge in [-0.2, -0.15) is 23.4 Å². The number of aromatic nitrogens is 5. The van der Waals surface area contributed by atoms with Gasteiger partial charge in [-0.05, 0) is 30.4 Å². The molecule has 148 valence electrons. The SMILES string of the molecule is Cn1c(CCNC(=O)c2cnn(-c3cccc(Cl)c3)c2C(F)(F)F)n[nH]c1=S. The molecule has 0 aliphatic rings. The monoisotopic (exact) mass is 430 g/mol. The molecule has 0 saturated heterocycles. The summed E-state index contributed by atoms with van der Waals surface area (Å²) < 4.78 is 43.6. The number of aromatic amines is 1. The maximum absolute atomic E-state index is 13.6. The van der Waals surface area contributed by atoms with Crippen molar-refractivity contribution < 1.29 is 18.0 Å². The van der Waals surface area contributed by atoms with Crippen LogP contribution < -0.4 is 5.32 Å². The number of carbonyl (C=O) groups excluding carboxylic acids is 1. The number of carbonyl (C=O) groups is 1. The van der Waals surface area contributed by atoms with Gasteiger partial charge in [-0.3, -0.25) is 9.89 Å². The van der Waals surface area contributed by atoms with Crippen molar-refractivity contribution in [3.63, 3.8) is 0 Å². The third kappa shape index (κ3) is 4.09. The Hall–Kier alpha value is -2.66. The maximum atomic E-state index is 13.6. The Balaban J connectivity index is 1.84. The number of nitrogens with one attached hydrogen (secondary N) is 2. The molecule has 2 heterocycles. The molecule has 0 atom stereocenters. The summed E-state index contributed by atoms with van der Waals surface area (Å²) in [5.41, 5.74) is -1.66. The molecule has 2 aromatic heterocycles. The predicted molar refractivity (Wildman–Crippen MR) is 98.0 cm³/mol. The molecule has 2 N–H and O–H groups in total. The average Bonchev–Trinajstić information content (AvgIpc) is 3.21. The number of rotatable bonds is 5. The molecule has 0 unspecified atom stereocenters. The van der Waals surface area contributed by atoms with Gasteiger partial charge in [0.2, 0.25) is 0 Å². The molecule has 28 heavy (non-hydrogen) atoms. The number of hydrogen-bond donors (Lipinski definition) is 2. The minimum Gasteiger partial charge on any atom is -0.351 e. The fraction of sp³-hybridized carbons (Fsp3) is 0.250. The first-order chi connectivity index (χ1) is 13.2. The second-order valence-corrected chi connectivity index (χ2v) is 6.63. The van der Waals surface area contributed by atoms with Gasteiger partial charge < -0.3 is 9.88 Å². The fourth-order valence-corrected chi connectivity index (χ4v) is 2.91. The van der Waals surface area contributed by atoms with E-state index in [-0.39, 0.29) is 17.3 Å². The Morgan fingerprint density at radius 2 is 2.14 bits per heavy atom. The summed E-state index contributed by atoms with van der Waals surface area (Å²) in [4.78, 5) is 12.4. The average molecular weight is 431 g/mol. The van der Waals surface area contributed by atoms with E-state index in [1.807, 2.05) is 0 Å². The van der Waals surface area contributed by atoms with Crippen LogP contribution in [0.15, 0.2) is 30.5 Å². The van der Waals surface area contributed by atoms with Gasteiger partial charge >= 0.3 is 6.18 Å². The number of nitrogens with zero attached hydrogens (tertiary/aromatic N) is 4. The van der Waals surface area contributed by atoms with Crippen LogP contribution in [-0.2, 0) is 19.6 Å². The Labute approximate surface area is 167 Å². The van der Waals surface area contributed by atoms with E-state index < -0.39 is 23.3 Å². The molecule has 7 nitrogen and oxygen atoms in total. The summed E-state index contributed by atoms with van der Waals surface area (Å²) in [7, 11) is 1.69. The molecule has 3 rings (SSSR count). The van der Waals surface area contributed by atoms with E-state index in [0.717, 1.165) is 6.20 Å². The quantitative estimate of drug-likeness (QED) is 0.608. The lowest BCUT2D eigenvalue weighted by atomic mass is 10.2. The van der Waals surface area contributed by atoms with E-state index >= 15 is 0 Å². The number of halogens is 4. The lowest BCUT2D eigenvalue weighted by Crippen LogP contribution is -2.28. The highest BCUT2D eigenvalue weighted by Crippen LogP contribution is 2.34. The van der Waals surface area contributed by atoms with Crippen LogP contribution in [0, 0.1) is 4.77 Å². The number of benzene rings is 1. The minimum absolute atomic E-state index is 0.0753. The van der Waals surface area contributed by atoms with Gasteiger partial charge in [0, 0.05) is 25.0 Å². The summed E-state index contributed by atoms with van der Waals surface area (Å²) in [6.45, 7) is 0.0753. The Morgan fingerprint density at radius 1 is 1.39 bits per heavy atom. The van der Waals surface area contributed by atoms with Crippen LogP contribution in [0.2, 0.25) is 5.02 Å². The van der Waals surface area contributed by atoms with Crippen LogP contribution in [-0.4, -0.2) is 37.0 Å². The smallest absolute Gasteiger partial charge is 0.351 e. The van der Waals surface area contributed by atoms with Crippen molar-refractivity contribution in [1.29, 1.82) is 0 Å². The molecular formula is C16H14ClF3N6OS. The Kier molecular flexibility index (Phi) is 5.57. The molecule has 0 saturated carbocycles. The van der Waals surface area contributed by atoms with Crippen LogP contribution >= 0.6 is 23.8 Å². The Morgan fingerprint density at radius 3 is 2.75 bits per heavy atom. The van der Waals surface area contributed by atoms with E-state index in [2.05, 4.69) is 20.6 Å². The van der Waals surface area contributed by atoms with Crippen molar-refractivity contribution in [2.24, 2.45) is 7.05 Å². The summed E-state index contributed by atoms with van der Waals surface area (Å²) in [5, 5.41) is 13.0. The molecule has 12 heteroatoms. The van der Waals surface area contributed by atoms with E-state index in [9.17, 15) is 18.0 Å². The summed E-state index contributed by atoms with van der Waals surface area (Å²) in [5.74, 6) is -0.326. The first kappa shape index (κ1) is 20.1. The number of amides is 1. The zero-order valence-electron chi connectivity index (χ0n) is 14.4. The highest BCUT2D eigenvalue weighted by atomic mass is 35.5. The number of hydrogen-bond acceptors (Lipinski definition) is 4. The van der Waals surface area contributed by atoms with Gasteiger partial charge in [0.05, 0.1) is 17.4 Å². The van der Waals surface area contributed by atoms with Crippen molar-refractivity contribution in [3.05, 3.63) is 57.3 Å². The van der Waals surface area contributed by atoms with Crippen LogP contribution in [0.5, 0.6) is 0 Å². The van der Waals surface area contributed by atoms with Crippen LogP contribution in [0.3, 0.4) is 0 Å². The second kappa shape index (κ2) is 7.76. The van der Waals surface area contributed by atoms with E-state index in [1.54, 1.807) is 11.6 Å². The predicted octanol–water partition coefficient (Wildman–Crippen LogP) is 3.31. The third-order valence-corrected chi connectivity index (χ3v) is 4.54. The van der Waals surface area contributed by atoms with Gasteiger partial charge in [0.25, 0.3) is 5.91 Å². The molecule has 0 aliphatic carbocycles. The largest absolute Gasteiger partial charge is 0.434 e. The van der Waals surface area contributed by atoms with Gasteiger partial charge in [-0.1, -0.05) is 17.7 Å². The zero-order valence-corrected chi connectivity index (χ0v) is 16.0. The van der Waals surface area contributed by atoms with Crippen molar-refractivity contribution in [2.45, 2.75) is 12.6 Å². The first-order valence-corrected chi connectivity index (χ1v) is 8.76. The normalized spacial score (nSPS) is 11.6. The fourth-order valence-electron chi connectivity index (χ4n) is 2.58. The van der Waals surface area contributed by atoms with Gasteiger partial charge in [-0.15, -0.1) is 0 Å². The van der Waals surface area contributed by atoms with E-state index in [1.165, 1.54) is 24.3 Å². The third-order valence-electron chi connectivity index (χ3n) is 3.94. The standard InChI is InChI=1S/C16H14ClF3N6OS/c1-25-12(23-24-15(25)28)5-6-21-14(27)11-8-22-26(13(11)16(18,19)20)10-4-2-3-9(17)7-10/h2-4,7-8H,5-6H2,1H3,(H,21,27)(H,24,28). The Bertz CT molecular complexity index is 1070. The maximum Gasteiger partial charge on any atom is 0.434 e. The molecule has 0 bridgehead atoms. The lowest BCUT2D eigenvalue weighted by Gasteiger charge is -2.13. The molecule has 3 aromatic rings. The van der Waals surface area contributed by atoms with Crippen molar-refractivity contribution >= 4 is 29.7 Å². The minimum atomic E-state index is -4.79. The van der Waals surface area contributed by atoms with Crippen molar-refractivity contribution in [3.8, 4) is 5.69 Å². The number of alkyl halides is 3. The van der Waals surface area contributed by atoms with Crippen molar-refractivity contribution in [2.75, 3.05) is 6.54 Å². The molecule has 0 fully saturated rings. The van der Waals surface area contributed by atoms with E-state index in [4.69, 9.17) is 23.8 Å². The zero-order chi connectivity index (χ0) is 20.5. The molecule has 1 amide bonds. The first-order valence-electron chi connectivity index (χ1n) is 7.98. The molecule has 0 radical (unpaired) electrons. The highest BCUT2D eigenvalue weighted by molar-refractivity contribution is 7.71. The summed E-state index contributed by atoms with van der Waals surface area (Å²) in [6.07, 6.45) is -3.62. The lowest BCUT2D eigenvalue weighted by molar-refractivity contribution is -0.143. The van der Waals surface area contributed by atoms with Gasteiger partial charge in [-0.25, -0.2) is 4.68 Å². The topological polar surface area (TPSA) is 80.5 Å². The molecular weight excluding hydrogens is 417 g/mol. The molecule has 0 spiro atoms. The second-order valence-electron chi connectivity index (χ2n) is 5.81. The van der Waals surface area contributed by atoms with Crippen molar-refractivity contribution in [1.82, 2.24) is 29.9 Å². The highest BCUT2D eigenvalue weighted by Gasteiger charge is 2.40. The number of H-pyrrole nitrogens is 1. The van der Waals surface area contributed by atoms with Gasteiger partial charge in [0.15, 0.2) is 10.5 Å². The van der Waals surface area contributed by atoms with Gasteiger partial charge in [0.1, 0.15) is 5.82 Å². The summed E-state index contributed by atoms with van der Waals surface area (Å²) >= 11 is 10.8. The van der Waals surface area contributed by atoms with Crippen LogP contribution in [0.1, 0.15) is 21.9 Å². The van der Waals surface area contributed by atoms with E-state index in [0.29, 0.717) is 21.7 Å². The van der Waals surface area contributed by atoms with Crippen LogP contribution in [0.4, 0.5) is 13.2 Å². The molecule has 1 aromatic carbocycles. The molecule has 0 aliphatic heterocycles. The summed E-state index contributed by atoms with van der Waals surface area (Å²) in [6, 6.07) is 5.77.